The number of anilines is 1. The van der Waals surface area contributed by atoms with Crippen LogP contribution in [0, 0.1) is 0 Å². The molecule has 6 heteroatoms. The monoisotopic (exact) mass is 312 g/mol. The number of halogens is 1. The predicted octanol–water partition coefficient (Wildman–Crippen LogP) is 3.22. The van der Waals surface area contributed by atoms with E-state index in [9.17, 15) is 4.79 Å². The molecule has 0 aliphatic heterocycles. The highest BCUT2D eigenvalue weighted by Crippen LogP contribution is 2.23. The van der Waals surface area contributed by atoms with Crippen LogP contribution in [0.3, 0.4) is 0 Å². The van der Waals surface area contributed by atoms with Crippen molar-refractivity contribution >= 4 is 38.9 Å². The molecule has 17 heavy (non-hydrogen) atoms. The number of carbonyl (C=O) groups is 1. The maximum atomic E-state index is 11.0. The van der Waals surface area contributed by atoms with Gasteiger partial charge in [0.2, 0.25) is 0 Å². The zero-order valence-electron chi connectivity index (χ0n) is 8.68. The number of nitrogens with one attached hydrogen (secondary N) is 1. The molecule has 0 fully saturated rings. The van der Waals surface area contributed by atoms with Crippen LogP contribution in [0.2, 0.25) is 0 Å². The highest BCUT2D eigenvalue weighted by atomic mass is 79.9. The molecule has 0 aliphatic carbocycles. The summed E-state index contributed by atoms with van der Waals surface area (Å²) in [6.07, 6.45) is 2.99. The van der Waals surface area contributed by atoms with E-state index in [-0.39, 0.29) is 5.56 Å². The zero-order chi connectivity index (χ0) is 12.3. The molecule has 0 unspecified atom stereocenters. The minimum absolute atomic E-state index is 0.232. The molecule has 4 nitrogen and oxygen atoms in total. The lowest BCUT2D eigenvalue weighted by Gasteiger charge is -2.07. The molecule has 2 N–H and O–H groups in total. The predicted molar refractivity (Wildman–Crippen MR) is 70.5 cm³/mol. The van der Waals surface area contributed by atoms with Gasteiger partial charge in [0.1, 0.15) is 0 Å². The second-order valence-electron chi connectivity index (χ2n) is 3.29. The van der Waals surface area contributed by atoms with Crippen LogP contribution in [-0.4, -0.2) is 16.1 Å². The van der Waals surface area contributed by atoms with Gasteiger partial charge in [-0.15, -0.1) is 11.3 Å². The summed E-state index contributed by atoms with van der Waals surface area (Å²) < 4.78 is 1.05. The molecule has 0 saturated heterocycles. The molecule has 0 atom stereocenters. The first-order chi connectivity index (χ1) is 8.16. The highest BCUT2D eigenvalue weighted by molar-refractivity contribution is 9.11. The molecule has 0 saturated carbocycles. The minimum atomic E-state index is -0.956. The third kappa shape index (κ3) is 3.04. The lowest BCUT2D eigenvalue weighted by Crippen LogP contribution is -2.05. The summed E-state index contributed by atoms with van der Waals surface area (Å²) in [5.41, 5.74) is 0.764. The van der Waals surface area contributed by atoms with E-state index in [4.69, 9.17) is 5.11 Å². The second-order valence-corrected chi connectivity index (χ2v) is 5.83. The maximum Gasteiger partial charge on any atom is 0.337 e. The van der Waals surface area contributed by atoms with E-state index in [0.29, 0.717) is 12.2 Å². The molecule has 2 rings (SSSR count). The molecule has 2 aromatic rings. The Labute approximate surface area is 110 Å². The molecule has 0 aromatic carbocycles. The van der Waals surface area contributed by atoms with Gasteiger partial charge in [0, 0.05) is 17.6 Å². The van der Waals surface area contributed by atoms with Crippen molar-refractivity contribution in [3.05, 3.63) is 44.8 Å². The number of carboxylic acid groups (broad SMARTS) is 1. The lowest BCUT2D eigenvalue weighted by molar-refractivity contribution is 0.0698. The van der Waals surface area contributed by atoms with Crippen LogP contribution in [0.25, 0.3) is 0 Å². The first-order valence-electron chi connectivity index (χ1n) is 4.82. The van der Waals surface area contributed by atoms with Gasteiger partial charge < -0.3 is 10.4 Å². The third-order valence-corrected chi connectivity index (χ3v) is 3.76. The van der Waals surface area contributed by atoms with Crippen LogP contribution in [-0.2, 0) is 6.54 Å². The van der Waals surface area contributed by atoms with Gasteiger partial charge in [-0.25, -0.2) is 4.79 Å². The third-order valence-electron chi connectivity index (χ3n) is 2.13. The van der Waals surface area contributed by atoms with E-state index in [1.807, 2.05) is 12.1 Å². The van der Waals surface area contributed by atoms with E-state index < -0.39 is 5.97 Å². The maximum absolute atomic E-state index is 11.0. The molecule has 2 aromatic heterocycles. The normalized spacial score (nSPS) is 10.2. The standard InChI is InChI=1S/C11H9BrN2O2S/c12-10-2-1-7(17-10)5-14-9-6-13-4-3-8(9)11(15)16/h1-4,6,14H,5H2,(H,15,16). The first kappa shape index (κ1) is 12.1. The topological polar surface area (TPSA) is 62.2 Å². The Kier molecular flexibility index (Phi) is 3.75. The molecule has 0 aliphatic rings. The highest BCUT2D eigenvalue weighted by Gasteiger charge is 2.09. The van der Waals surface area contributed by atoms with Crippen LogP contribution in [0.15, 0.2) is 34.4 Å². The Morgan fingerprint density at radius 3 is 2.94 bits per heavy atom. The fourth-order valence-electron chi connectivity index (χ4n) is 1.35. The summed E-state index contributed by atoms with van der Waals surface area (Å²) in [5, 5.41) is 12.1. The fourth-order valence-corrected chi connectivity index (χ4v) is 2.77. The Hall–Kier alpha value is -1.40. The molecule has 2 heterocycles. The first-order valence-corrected chi connectivity index (χ1v) is 6.43. The van der Waals surface area contributed by atoms with E-state index in [1.54, 1.807) is 11.3 Å². The molecule has 0 radical (unpaired) electrons. The van der Waals surface area contributed by atoms with Crippen LogP contribution in [0.5, 0.6) is 0 Å². The fraction of sp³-hybridized carbons (Fsp3) is 0.0909. The Bertz CT molecular complexity index is 542. The minimum Gasteiger partial charge on any atom is -0.478 e. The number of carboxylic acids is 1. The summed E-state index contributed by atoms with van der Waals surface area (Å²) in [6.45, 7) is 0.586. The number of aromatic nitrogens is 1. The quantitative estimate of drug-likeness (QED) is 0.910. The van der Waals surface area contributed by atoms with E-state index in [2.05, 4.69) is 26.2 Å². The Balaban J connectivity index is 2.11. The molecule has 88 valence electrons. The van der Waals surface area contributed by atoms with Gasteiger partial charge in [-0.1, -0.05) is 0 Å². The summed E-state index contributed by atoms with van der Waals surface area (Å²) in [5.74, 6) is -0.956. The molecular formula is C11H9BrN2O2S. The van der Waals surface area contributed by atoms with Crippen molar-refractivity contribution in [3.63, 3.8) is 0 Å². The number of hydrogen-bond donors (Lipinski definition) is 2. The van der Waals surface area contributed by atoms with Crippen molar-refractivity contribution in [1.29, 1.82) is 0 Å². The molecular weight excluding hydrogens is 304 g/mol. The van der Waals surface area contributed by atoms with E-state index in [1.165, 1.54) is 18.5 Å². The summed E-state index contributed by atoms with van der Waals surface area (Å²) in [4.78, 5) is 16.0. The number of rotatable bonds is 4. The van der Waals surface area contributed by atoms with Crippen molar-refractivity contribution in [2.24, 2.45) is 0 Å². The second kappa shape index (κ2) is 5.29. The number of nitrogens with zero attached hydrogens (tertiary/aromatic N) is 1. The lowest BCUT2D eigenvalue weighted by atomic mass is 10.2. The summed E-state index contributed by atoms with van der Waals surface area (Å²) in [7, 11) is 0. The van der Waals surface area contributed by atoms with Crippen LogP contribution in [0.4, 0.5) is 5.69 Å². The van der Waals surface area contributed by atoms with Gasteiger partial charge in [-0.05, 0) is 34.1 Å². The number of hydrogen-bond acceptors (Lipinski definition) is 4. The summed E-state index contributed by atoms with van der Waals surface area (Å²) >= 11 is 4.99. The van der Waals surface area contributed by atoms with Crippen molar-refractivity contribution in [2.75, 3.05) is 5.32 Å². The van der Waals surface area contributed by atoms with Crippen molar-refractivity contribution in [3.8, 4) is 0 Å². The number of pyridine rings is 1. The summed E-state index contributed by atoms with van der Waals surface area (Å²) in [6, 6.07) is 5.43. The average molecular weight is 313 g/mol. The van der Waals surface area contributed by atoms with E-state index in [0.717, 1.165) is 8.66 Å². The Morgan fingerprint density at radius 1 is 1.47 bits per heavy atom. The van der Waals surface area contributed by atoms with Gasteiger partial charge in [0.15, 0.2) is 0 Å². The van der Waals surface area contributed by atoms with Crippen LogP contribution < -0.4 is 5.32 Å². The molecule has 0 spiro atoms. The van der Waals surface area contributed by atoms with Crippen LogP contribution >= 0.6 is 27.3 Å². The zero-order valence-corrected chi connectivity index (χ0v) is 11.1. The molecule has 0 amide bonds. The van der Waals surface area contributed by atoms with Gasteiger partial charge in [0.05, 0.1) is 21.2 Å². The SMILES string of the molecule is O=C(O)c1ccncc1NCc1ccc(Br)s1. The average Bonchev–Trinajstić information content (AvgIpc) is 2.73. The largest absolute Gasteiger partial charge is 0.478 e. The van der Waals surface area contributed by atoms with Crippen molar-refractivity contribution in [2.45, 2.75) is 6.54 Å². The van der Waals surface area contributed by atoms with Gasteiger partial charge in [0.25, 0.3) is 0 Å². The van der Waals surface area contributed by atoms with E-state index >= 15 is 0 Å². The van der Waals surface area contributed by atoms with Crippen molar-refractivity contribution < 1.29 is 9.90 Å². The number of thiophene rings is 1. The number of aromatic carboxylic acids is 1. The van der Waals surface area contributed by atoms with Crippen molar-refractivity contribution in [1.82, 2.24) is 4.98 Å². The van der Waals surface area contributed by atoms with Gasteiger partial charge >= 0.3 is 5.97 Å². The van der Waals surface area contributed by atoms with Gasteiger partial charge in [-0.3, -0.25) is 4.98 Å². The molecule has 0 bridgehead atoms. The van der Waals surface area contributed by atoms with Gasteiger partial charge in [-0.2, -0.15) is 0 Å². The Morgan fingerprint density at radius 2 is 2.29 bits per heavy atom. The smallest absolute Gasteiger partial charge is 0.337 e. The van der Waals surface area contributed by atoms with Crippen LogP contribution in [0.1, 0.15) is 15.2 Å².